The highest BCUT2D eigenvalue weighted by molar-refractivity contribution is 5.95. The smallest absolute Gasteiger partial charge is 0.259 e. The fourth-order valence-electron chi connectivity index (χ4n) is 2.15. The second-order valence-corrected chi connectivity index (χ2v) is 5.29. The molecule has 2 amide bonds. The van der Waals surface area contributed by atoms with Crippen molar-refractivity contribution in [3.63, 3.8) is 0 Å². The second-order valence-electron chi connectivity index (χ2n) is 5.29. The number of hydrogen-bond acceptors (Lipinski definition) is 4. The van der Waals surface area contributed by atoms with Crippen LogP contribution in [0.4, 0.5) is 0 Å². The first-order valence-corrected chi connectivity index (χ1v) is 6.70. The van der Waals surface area contributed by atoms with Gasteiger partial charge in [0.2, 0.25) is 0 Å². The van der Waals surface area contributed by atoms with Crippen LogP contribution in [-0.4, -0.2) is 24.0 Å². The molecule has 1 aromatic rings. The van der Waals surface area contributed by atoms with Crippen LogP contribution in [0.5, 0.6) is 5.75 Å². The topological polar surface area (TPSA) is 105 Å². The third-order valence-corrected chi connectivity index (χ3v) is 3.54. The quantitative estimate of drug-likeness (QED) is 0.813. The van der Waals surface area contributed by atoms with Crippen molar-refractivity contribution in [2.45, 2.75) is 25.3 Å². The Hall–Kier alpha value is -2.55. The molecular weight excluding hydrogens is 270 g/mol. The summed E-state index contributed by atoms with van der Waals surface area (Å²) >= 11 is 0. The van der Waals surface area contributed by atoms with Gasteiger partial charge in [0.15, 0.2) is 6.61 Å². The first-order chi connectivity index (χ1) is 9.96. The van der Waals surface area contributed by atoms with Gasteiger partial charge in [-0.2, -0.15) is 5.26 Å². The van der Waals surface area contributed by atoms with E-state index in [1.807, 2.05) is 0 Å². The minimum absolute atomic E-state index is 0.198. The molecule has 0 saturated heterocycles. The number of benzene rings is 1. The number of nitriles is 1. The highest BCUT2D eigenvalue weighted by Gasteiger charge is 2.43. The molecule has 0 bridgehead atoms. The van der Waals surface area contributed by atoms with Crippen LogP contribution in [0.15, 0.2) is 24.3 Å². The average molecular weight is 287 g/mol. The maximum Gasteiger partial charge on any atom is 0.259 e. The predicted molar refractivity (Wildman–Crippen MR) is 75.3 cm³/mol. The number of carbonyl (C=O) groups excluding carboxylic acids is 2. The molecule has 0 aromatic heterocycles. The van der Waals surface area contributed by atoms with E-state index >= 15 is 0 Å². The number of carbonyl (C=O) groups is 2. The molecule has 0 aliphatic heterocycles. The number of nitrogens with one attached hydrogen (secondary N) is 1. The van der Waals surface area contributed by atoms with E-state index in [4.69, 9.17) is 10.5 Å². The van der Waals surface area contributed by atoms with Crippen LogP contribution in [0.3, 0.4) is 0 Å². The van der Waals surface area contributed by atoms with Gasteiger partial charge in [-0.3, -0.25) is 9.59 Å². The molecule has 1 aliphatic rings. The van der Waals surface area contributed by atoms with Crippen molar-refractivity contribution >= 4 is 11.8 Å². The molecule has 1 atom stereocenters. The molecule has 6 heteroatoms. The zero-order valence-corrected chi connectivity index (χ0v) is 11.8. The number of hydrogen-bond donors (Lipinski definition) is 2. The van der Waals surface area contributed by atoms with Gasteiger partial charge in [0.05, 0.1) is 11.6 Å². The molecule has 21 heavy (non-hydrogen) atoms. The molecule has 1 aliphatic carbocycles. The van der Waals surface area contributed by atoms with Crippen molar-refractivity contribution in [3.05, 3.63) is 29.8 Å². The maximum atomic E-state index is 11.9. The van der Waals surface area contributed by atoms with Gasteiger partial charge in [0, 0.05) is 0 Å². The lowest BCUT2D eigenvalue weighted by Gasteiger charge is -2.22. The molecule has 1 unspecified atom stereocenters. The summed E-state index contributed by atoms with van der Waals surface area (Å²) in [6.07, 6.45) is 1.88. The van der Waals surface area contributed by atoms with Gasteiger partial charge in [-0.15, -0.1) is 0 Å². The second kappa shape index (κ2) is 5.83. The molecule has 6 nitrogen and oxygen atoms in total. The lowest BCUT2D eigenvalue weighted by atomic mass is 9.98. The standard InChI is InChI=1S/C15H17N3O3/c1-15(9-16,10-6-7-10)18-13(19)8-21-12-5-3-2-4-11(12)14(17)20/h2-5,10H,6-8H2,1H3,(H2,17,20)(H,18,19). The van der Waals surface area contributed by atoms with Crippen molar-refractivity contribution < 1.29 is 14.3 Å². The number of rotatable bonds is 6. The van der Waals surface area contributed by atoms with E-state index < -0.39 is 17.4 Å². The number of nitrogens with two attached hydrogens (primary N) is 1. The van der Waals surface area contributed by atoms with E-state index in [0.29, 0.717) is 0 Å². The van der Waals surface area contributed by atoms with Crippen molar-refractivity contribution in [2.24, 2.45) is 11.7 Å². The minimum atomic E-state index is -0.857. The van der Waals surface area contributed by atoms with Gasteiger partial charge in [-0.1, -0.05) is 12.1 Å². The Morgan fingerprint density at radius 2 is 2.14 bits per heavy atom. The van der Waals surface area contributed by atoms with E-state index in [1.54, 1.807) is 25.1 Å². The molecule has 1 aromatic carbocycles. The third-order valence-electron chi connectivity index (χ3n) is 3.54. The van der Waals surface area contributed by atoms with Crippen molar-refractivity contribution in [1.29, 1.82) is 5.26 Å². The third kappa shape index (κ3) is 3.51. The first-order valence-electron chi connectivity index (χ1n) is 6.70. The van der Waals surface area contributed by atoms with Gasteiger partial charge >= 0.3 is 0 Å². The fraction of sp³-hybridized carbons (Fsp3) is 0.400. The summed E-state index contributed by atoms with van der Waals surface area (Å²) in [4.78, 5) is 23.1. The molecule has 2 rings (SSSR count). The molecular formula is C15H17N3O3. The average Bonchev–Trinajstić information content (AvgIpc) is 3.30. The Bertz CT molecular complexity index is 604. The van der Waals surface area contributed by atoms with E-state index in [9.17, 15) is 14.9 Å². The summed E-state index contributed by atoms with van der Waals surface area (Å²) in [6.45, 7) is 1.44. The summed E-state index contributed by atoms with van der Waals surface area (Å²) < 4.78 is 5.33. The zero-order chi connectivity index (χ0) is 15.5. The van der Waals surface area contributed by atoms with Gasteiger partial charge in [-0.25, -0.2) is 0 Å². The van der Waals surface area contributed by atoms with Gasteiger partial charge in [-0.05, 0) is 37.8 Å². The summed E-state index contributed by atoms with van der Waals surface area (Å²) in [5.74, 6) is -0.564. The molecule has 0 heterocycles. The van der Waals surface area contributed by atoms with E-state index in [0.717, 1.165) is 12.8 Å². The number of amides is 2. The molecule has 1 fully saturated rings. The highest BCUT2D eigenvalue weighted by Crippen LogP contribution is 2.39. The Morgan fingerprint density at radius 3 is 2.71 bits per heavy atom. The van der Waals surface area contributed by atoms with E-state index in [2.05, 4.69) is 11.4 Å². The lowest BCUT2D eigenvalue weighted by Crippen LogP contribution is -2.48. The first kappa shape index (κ1) is 14.9. The monoisotopic (exact) mass is 287 g/mol. The lowest BCUT2D eigenvalue weighted by molar-refractivity contribution is -0.124. The van der Waals surface area contributed by atoms with Crippen LogP contribution in [0.1, 0.15) is 30.1 Å². The largest absolute Gasteiger partial charge is 0.483 e. The number of ether oxygens (including phenoxy) is 1. The Balaban J connectivity index is 1.96. The summed E-state index contributed by atoms with van der Waals surface area (Å²) in [5.41, 5.74) is 4.59. The van der Waals surface area contributed by atoms with Crippen LogP contribution in [0.25, 0.3) is 0 Å². The Kier molecular flexibility index (Phi) is 4.13. The molecule has 0 spiro atoms. The minimum Gasteiger partial charge on any atom is -0.483 e. The number of nitrogens with zero attached hydrogens (tertiary/aromatic N) is 1. The summed E-state index contributed by atoms with van der Waals surface area (Å²) in [6, 6.07) is 8.58. The molecule has 1 saturated carbocycles. The van der Waals surface area contributed by atoms with Crippen LogP contribution in [0, 0.1) is 17.2 Å². The fourth-order valence-corrected chi connectivity index (χ4v) is 2.15. The normalized spacial score (nSPS) is 16.4. The van der Waals surface area contributed by atoms with Crippen LogP contribution in [0.2, 0.25) is 0 Å². The van der Waals surface area contributed by atoms with Crippen LogP contribution >= 0.6 is 0 Å². The van der Waals surface area contributed by atoms with Gasteiger partial charge < -0.3 is 15.8 Å². The Morgan fingerprint density at radius 1 is 1.48 bits per heavy atom. The van der Waals surface area contributed by atoms with Crippen LogP contribution in [-0.2, 0) is 4.79 Å². The number of primary amides is 1. The van der Waals surface area contributed by atoms with E-state index in [-0.39, 0.29) is 23.8 Å². The molecule has 3 N–H and O–H groups in total. The van der Waals surface area contributed by atoms with Crippen molar-refractivity contribution in [2.75, 3.05) is 6.61 Å². The zero-order valence-electron chi connectivity index (χ0n) is 11.8. The predicted octanol–water partition coefficient (Wildman–Crippen LogP) is 0.973. The van der Waals surface area contributed by atoms with Gasteiger partial charge in [0.25, 0.3) is 11.8 Å². The van der Waals surface area contributed by atoms with Gasteiger partial charge in [0.1, 0.15) is 11.3 Å². The summed E-state index contributed by atoms with van der Waals surface area (Å²) in [5, 5.41) is 11.9. The maximum absolute atomic E-state index is 11.9. The van der Waals surface area contributed by atoms with Crippen molar-refractivity contribution in [3.8, 4) is 11.8 Å². The number of para-hydroxylation sites is 1. The molecule has 110 valence electrons. The highest BCUT2D eigenvalue weighted by atomic mass is 16.5. The Labute approximate surface area is 122 Å². The molecule has 0 radical (unpaired) electrons. The van der Waals surface area contributed by atoms with E-state index in [1.165, 1.54) is 6.07 Å². The summed E-state index contributed by atoms with van der Waals surface area (Å²) in [7, 11) is 0. The van der Waals surface area contributed by atoms with Crippen LogP contribution < -0.4 is 15.8 Å². The van der Waals surface area contributed by atoms with Crippen molar-refractivity contribution in [1.82, 2.24) is 5.32 Å². The SMILES string of the molecule is CC(C#N)(NC(=O)COc1ccccc1C(N)=O)C1CC1.